The maximum Gasteiger partial charge on any atom is 0.261 e. The number of rotatable bonds is 8. The zero-order valence-corrected chi connectivity index (χ0v) is 22.3. The second kappa shape index (κ2) is 11.2. The molecule has 39 heavy (non-hydrogen) atoms. The van der Waals surface area contributed by atoms with Crippen LogP contribution in [0.5, 0.6) is 17.2 Å². The van der Waals surface area contributed by atoms with E-state index < -0.39 is 0 Å². The lowest BCUT2D eigenvalue weighted by Gasteiger charge is -2.35. The van der Waals surface area contributed by atoms with Crippen molar-refractivity contribution in [3.05, 3.63) is 71.3 Å². The molecule has 2 aliphatic heterocycles. The molecule has 0 unspecified atom stereocenters. The van der Waals surface area contributed by atoms with Crippen LogP contribution in [0.15, 0.2) is 54.6 Å². The van der Waals surface area contributed by atoms with Gasteiger partial charge in [-0.2, -0.15) is 0 Å². The minimum absolute atomic E-state index is 0.0884. The first-order valence-corrected chi connectivity index (χ1v) is 12.8. The summed E-state index contributed by atoms with van der Waals surface area (Å²) >= 11 is 0. The number of carbonyl (C=O) groups excluding carboxylic acids is 3. The molecule has 202 valence electrons. The van der Waals surface area contributed by atoms with Crippen LogP contribution in [-0.2, 0) is 4.79 Å². The minimum atomic E-state index is -0.255. The first-order chi connectivity index (χ1) is 18.9. The predicted molar refractivity (Wildman–Crippen MR) is 147 cm³/mol. The minimum Gasteiger partial charge on any atom is -0.493 e. The SMILES string of the molecule is COc1cc(/C=C/C(=O)N2CCN(CCN3C(=O)c4cccc5cccc(c45)C3=O)CC2)cc(OC)c1OC. The third-order valence-corrected chi connectivity index (χ3v) is 7.29. The van der Waals surface area contributed by atoms with Gasteiger partial charge in [-0.05, 0) is 41.3 Å². The molecular formula is C30H31N3O6. The Morgan fingerprint density at radius 3 is 1.95 bits per heavy atom. The zero-order valence-electron chi connectivity index (χ0n) is 22.3. The Morgan fingerprint density at radius 2 is 1.41 bits per heavy atom. The summed E-state index contributed by atoms with van der Waals surface area (Å²) in [7, 11) is 4.64. The van der Waals surface area contributed by atoms with E-state index in [0.29, 0.717) is 67.6 Å². The summed E-state index contributed by atoms with van der Waals surface area (Å²) in [5.74, 6) is 0.931. The number of hydrogen-bond acceptors (Lipinski definition) is 7. The fourth-order valence-electron chi connectivity index (χ4n) is 5.19. The van der Waals surface area contributed by atoms with Crippen molar-refractivity contribution in [2.75, 3.05) is 60.6 Å². The molecular weight excluding hydrogens is 498 g/mol. The van der Waals surface area contributed by atoms with Gasteiger partial charge in [0.15, 0.2) is 11.5 Å². The van der Waals surface area contributed by atoms with E-state index in [2.05, 4.69) is 4.90 Å². The number of benzene rings is 3. The molecule has 0 bridgehead atoms. The number of piperazine rings is 1. The molecule has 0 aliphatic carbocycles. The summed E-state index contributed by atoms with van der Waals surface area (Å²) in [5, 5.41) is 1.63. The quantitative estimate of drug-likeness (QED) is 0.327. The van der Waals surface area contributed by atoms with Gasteiger partial charge in [0.25, 0.3) is 11.8 Å². The average molecular weight is 530 g/mol. The number of amides is 3. The van der Waals surface area contributed by atoms with Crippen molar-refractivity contribution in [2.45, 2.75) is 0 Å². The van der Waals surface area contributed by atoms with Crippen molar-refractivity contribution in [1.29, 1.82) is 0 Å². The Hall–Kier alpha value is -4.37. The lowest BCUT2D eigenvalue weighted by atomic mass is 9.94. The molecule has 0 radical (unpaired) electrons. The predicted octanol–water partition coefficient (Wildman–Crippen LogP) is 3.32. The van der Waals surface area contributed by atoms with Crippen LogP contribution in [0, 0.1) is 0 Å². The van der Waals surface area contributed by atoms with Crippen molar-refractivity contribution in [3.63, 3.8) is 0 Å². The van der Waals surface area contributed by atoms with Gasteiger partial charge in [0.05, 0.1) is 21.3 Å². The number of imide groups is 1. The monoisotopic (exact) mass is 529 g/mol. The highest BCUT2D eigenvalue weighted by Crippen LogP contribution is 2.38. The number of ether oxygens (including phenoxy) is 3. The van der Waals surface area contributed by atoms with E-state index in [1.807, 2.05) is 24.3 Å². The highest BCUT2D eigenvalue weighted by molar-refractivity contribution is 6.25. The molecule has 0 aromatic heterocycles. The van der Waals surface area contributed by atoms with Gasteiger partial charge in [0.2, 0.25) is 11.7 Å². The van der Waals surface area contributed by atoms with Crippen LogP contribution in [-0.4, -0.2) is 93.0 Å². The lowest BCUT2D eigenvalue weighted by molar-refractivity contribution is -0.127. The molecule has 3 aromatic carbocycles. The van der Waals surface area contributed by atoms with E-state index in [-0.39, 0.29) is 17.7 Å². The Morgan fingerprint density at radius 1 is 0.821 bits per heavy atom. The molecule has 9 nitrogen and oxygen atoms in total. The van der Waals surface area contributed by atoms with Gasteiger partial charge in [0, 0.05) is 61.9 Å². The Bertz CT molecular complexity index is 1380. The molecule has 0 atom stereocenters. The third kappa shape index (κ3) is 5.05. The molecule has 0 N–H and O–H groups in total. The second-order valence-corrected chi connectivity index (χ2v) is 9.43. The molecule has 5 rings (SSSR count). The summed E-state index contributed by atoms with van der Waals surface area (Å²) in [4.78, 5) is 44.4. The number of hydrogen-bond donors (Lipinski definition) is 0. The largest absolute Gasteiger partial charge is 0.493 e. The van der Waals surface area contributed by atoms with Gasteiger partial charge < -0.3 is 19.1 Å². The topological polar surface area (TPSA) is 88.6 Å². The Kier molecular flexibility index (Phi) is 7.51. The molecule has 2 heterocycles. The summed E-state index contributed by atoms with van der Waals surface area (Å²) in [5.41, 5.74) is 1.89. The van der Waals surface area contributed by atoms with E-state index in [0.717, 1.165) is 16.3 Å². The van der Waals surface area contributed by atoms with Crippen LogP contribution in [0.3, 0.4) is 0 Å². The van der Waals surface area contributed by atoms with Crippen LogP contribution in [0.2, 0.25) is 0 Å². The van der Waals surface area contributed by atoms with Crippen molar-refractivity contribution in [1.82, 2.24) is 14.7 Å². The highest BCUT2D eigenvalue weighted by atomic mass is 16.5. The molecule has 2 aliphatic rings. The first-order valence-electron chi connectivity index (χ1n) is 12.8. The van der Waals surface area contributed by atoms with Crippen LogP contribution in [0.4, 0.5) is 0 Å². The summed E-state index contributed by atoms with van der Waals surface area (Å²) in [6.45, 7) is 3.29. The first kappa shape index (κ1) is 26.2. The van der Waals surface area contributed by atoms with Crippen LogP contribution in [0.1, 0.15) is 26.3 Å². The maximum absolute atomic E-state index is 13.1. The van der Waals surface area contributed by atoms with Crippen molar-refractivity contribution in [3.8, 4) is 17.2 Å². The van der Waals surface area contributed by atoms with Crippen LogP contribution < -0.4 is 14.2 Å². The lowest BCUT2D eigenvalue weighted by Crippen LogP contribution is -2.51. The molecule has 0 spiro atoms. The van der Waals surface area contributed by atoms with Crippen molar-refractivity contribution < 1.29 is 28.6 Å². The summed E-state index contributed by atoms with van der Waals surface area (Å²) in [6.07, 6.45) is 3.27. The molecule has 3 aromatic rings. The van der Waals surface area contributed by atoms with Crippen molar-refractivity contribution in [2.24, 2.45) is 0 Å². The van der Waals surface area contributed by atoms with E-state index in [9.17, 15) is 14.4 Å². The van der Waals surface area contributed by atoms with Gasteiger partial charge in [-0.3, -0.25) is 24.2 Å². The van der Waals surface area contributed by atoms with Gasteiger partial charge in [-0.1, -0.05) is 24.3 Å². The molecule has 0 saturated carbocycles. The summed E-state index contributed by atoms with van der Waals surface area (Å²) in [6, 6.07) is 14.7. The molecule has 3 amide bonds. The Labute approximate surface area is 227 Å². The van der Waals surface area contributed by atoms with Gasteiger partial charge in [-0.25, -0.2) is 0 Å². The third-order valence-electron chi connectivity index (χ3n) is 7.29. The van der Waals surface area contributed by atoms with E-state index >= 15 is 0 Å². The summed E-state index contributed by atoms with van der Waals surface area (Å²) < 4.78 is 16.1. The normalized spacial score (nSPS) is 15.8. The van der Waals surface area contributed by atoms with Gasteiger partial charge in [-0.15, -0.1) is 0 Å². The Balaban J connectivity index is 1.17. The van der Waals surface area contributed by atoms with E-state index in [4.69, 9.17) is 14.2 Å². The average Bonchev–Trinajstić information content (AvgIpc) is 2.98. The second-order valence-electron chi connectivity index (χ2n) is 9.43. The number of nitrogens with zero attached hydrogens (tertiary/aromatic N) is 3. The van der Waals surface area contributed by atoms with Crippen LogP contribution >= 0.6 is 0 Å². The van der Waals surface area contributed by atoms with Crippen LogP contribution in [0.25, 0.3) is 16.8 Å². The molecule has 1 fully saturated rings. The number of carbonyl (C=O) groups is 3. The van der Waals surface area contributed by atoms with Crippen molar-refractivity contribution >= 4 is 34.6 Å². The molecule has 1 saturated heterocycles. The van der Waals surface area contributed by atoms with E-state index in [1.54, 1.807) is 62.6 Å². The molecule has 9 heteroatoms. The fraction of sp³-hybridized carbons (Fsp3) is 0.300. The number of methoxy groups -OCH3 is 3. The van der Waals surface area contributed by atoms with Gasteiger partial charge in [0.1, 0.15) is 0 Å². The van der Waals surface area contributed by atoms with Gasteiger partial charge >= 0.3 is 0 Å². The highest BCUT2D eigenvalue weighted by Gasteiger charge is 2.33. The standard InChI is InChI=1S/C30H31N3O6/c1-37-24-18-20(19-25(38-2)28(24)39-3)10-11-26(34)32-15-12-31(13-16-32)14-17-33-29(35)22-8-4-6-21-7-5-9-23(27(21)22)30(33)36/h4-11,18-19H,12-17H2,1-3H3/b11-10+. The van der Waals surface area contributed by atoms with E-state index in [1.165, 1.54) is 4.90 Å². The zero-order chi connectivity index (χ0) is 27.5. The maximum atomic E-state index is 13.1. The fourth-order valence-corrected chi connectivity index (χ4v) is 5.19. The smallest absolute Gasteiger partial charge is 0.261 e.